The molecule has 0 aromatic carbocycles. The summed E-state index contributed by atoms with van der Waals surface area (Å²) in [5.74, 6) is 2.98. The molecule has 0 aromatic rings. The lowest BCUT2D eigenvalue weighted by Gasteiger charge is -2.75. The minimum absolute atomic E-state index is 0.606. The molecular weight excluding hydrogens is 180 g/mol. The van der Waals surface area contributed by atoms with Crippen molar-refractivity contribution in [3.63, 3.8) is 0 Å². The summed E-state index contributed by atoms with van der Waals surface area (Å²) in [7, 11) is 0. The first-order valence-corrected chi connectivity index (χ1v) is 6.92. The summed E-state index contributed by atoms with van der Waals surface area (Å²) in [6.07, 6.45) is 1.49. The average molecular weight is 212 g/mol. The Morgan fingerprint density at radius 2 is 1.27 bits per heavy atom. The molecule has 0 saturated heterocycles. The Hall–Kier alpha value is 0. The van der Waals surface area contributed by atoms with Crippen molar-refractivity contribution in [2.75, 3.05) is 0 Å². The van der Waals surface area contributed by atoms with Crippen LogP contribution in [0.2, 0.25) is 0 Å². The van der Waals surface area contributed by atoms with E-state index in [0.717, 1.165) is 17.8 Å². The summed E-state index contributed by atoms with van der Waals surface area (Å²) in [4.78, 5) is 0. The molecule has 0 aliphatic heterocycles. The van der Waals surface area contributed by atoms with E-state index in [4.69, 9.17) is 0 Å². The molecule has 4 atom stereocenters. The van der Waals surface area contributed by atoms with Gasteiger partial charge in [-0.25, -0.2) is 0 Å². The predicted octanol–water partition coefficient (Wildman–Crippen LogP) is 5.38. The van der Waals surface area contributed by atoms with Crippen LogP contribution >= 0.6 is 0 Å². The third-order valence-corrected chi connectivity index (χ3v) is 5.53. The molecule has 0 heterocycles. The van der Waals surface area contributed by atoms with Gasteiger partial charge in [-0.15, -0.1) is 0 Å². The SMILES string of the molecule is CC.CC.C[C@@H]1[C@@H]2C[C@@H](C)[C@]2(C)C1(C)C. The van der Waals surface area contributed by atoms with Crippen molar-refractivity contribution in [1.82, 2.24) is 0 Å². The topological polar surface area (TPSA) is 0 Å². The molecule has 0 nitrogen and oxygen atoms in total. The van der Waals surface area contributed by atoms with Gasteiger partial charge < -0.3 is 0 Å². The summed E-state index contributed by atoms with van der Waals surface area (Å²) < 4.78 is 0. The second-order valence-corrected chi connectivity index (χ2v) is 5.54. The van der Waals surface area contributed by atoms with Crippen LogP contribution in [0.4, 0.5) is 0 Å². The summed E-state index contributed by atoms with van der Waals surface area (Å²) in [5, 5.41) is 0. The maximum absolute atomic E-state index is 2.49. The van der Waals surface area contributed by atoms with Gasteiger partial charge in [-0.1, -0.05) is 62.3 Å². The van der Waals surface area contributed by atoms with E-state index in [9.17, 15) is 0 Å². The molecule has 0 bridgehead atoms. The standard InChI is InChI=1S/C11H20.2C2H6/c1-7-6-9-8(2)10(3,4)11(7,9)5;2*1-2/h7-9H,6H2,1-5H3;2*1-2H3/t7-,8-,9+,11+;;/m1../s1. The summed E-state index contributed by atoms with van der Waals surface area (Å²) >= 11 is 0. The van der Waals surface area contributed by atoms with Gasteiger partial charge in [-0.3, -0.25) is 0 Å². The highest BCUT2D eigenvalue weighted by atomic mass is 14.7. The third kappa shape index (κ3) is 1.65. The first-order chi connectivity index (χ1) is 6.92. The molecule has 2 rings (SSSR count). The van der Waals surface area contributed by atoms with Gasteiger partial charge in [-0.05, 0) is 35.0 Å². The number of hydrogen-bond acceptors (Lipinski definition) is 0. The summed E-state index contributed by atoms with van der Waals surface area (Å²) in [6, 6.07) is 0. The van der Waals surface area contributed by atoms with Gasteiger partial charge in [0.05, 0.1) is 0 Å². The van der Waals surface area contributed by atoms with E-state index in [1.165, 1.54) is 6.42 Å². The largest absolute Gasteiger partial charge is 0.0683 e. The van der Waals surface area contributed by atoms with Gasteiger partial charge in [0.2, 0.25) is 0 Å². The fourth-order valence-electron chi connectivity index (χ4n) is 3.81. The second kappa shape index (κ2) is 4.89. The first kappa shape index (κ1) is 15.0. The first-order valence-electron chi connectivity index (χ1n) is 6.92. The van der Waals surface area contributed by atoms with Crippen LogP contribution in [-0.2, 0) is 0 Å². The molecule has 92 valence electrons. The quantitative estimate of drug-likeness (QED) is 0.506. The minimum atomic E-state index is 0.606. The van der Waals surface area contributed by atoms with Crippen LogP contribution in [0.1, 0.15) is 68.7 Å². The van der Waals surface area contributed by atoms with Crippen LogP contribution in [0, 0.1) is 28.6 Å². The predicted molar refractivity (Wildman–Crippen MR) is 71.0 cm³/mol. The summed E-state index contributed by atoms with van der Waals surface area (Å²) in [6.45, 7) is 20.2. The Morgan fingerprint density at radius 1 is 0.867 bits per heavy atom. The smallest absolute Gasteiger partial charge is 0.0215 e. The molecule has 2 aliphatic rings. The highest BCUT2D eigenvalue weighted by Crippen LogP contribution is 2.76. The lowest BCUT2D eigenvalue weighted by Crippen LogP contribution is -2.70. The van der Waals surface area contributed by atoms with Gasteiger partial charge in [0.25, 0.3) is 0 Å². The van der Waals surface area contributed by atoms with E-state index < -0.39 is 0 Å². The second-order valence-electron chi connectivity index (χ2n) is 5.54. The lowest BCUT2D eigenvalue weighted by atomic mass is 9.29. The van der Waals surface area contributed by atoms with Gasteiger partial charge in [0, 0.05) is 0 Å². The van der Waals surface area contributed by atoms with Crippen LogP contribution in [0.15, 0.2) is 0 Å². The molecule has 0 radical (unpaired) electrons. The molecule has 0 amide bonds. The lowest BCUT2D eigenvalue weighted by molar-refractivity contribution is -0.275. The monoisotopic (exact) mass is 212 g/mol. The van der Waals surface area contributed by atoms with Crippen LogP contribution in [0.5, 0.6) is 0 Å². The zero-order valence-corrected chi connectivity index (χ0v) is 12.4. The molecule has 2 saturated carbocycles. The Labute approximate surface area is 97.8 Å². The Bertz CT molecular complexity index is 192. The highest BCUT2D eigenvalue weighted by molar-refractivity contribution is 5.17. The molecule has 0 unspecified atom stereocenters. The fourth-order valence-corrected chi connectivity index (χ4v) is 3.81. The maximum Gasteiger partial charge on any atom is -0.0215 e. The van der Waals surface area contributed by atoms with Gasteiger partial charge in [0.1, 0.15) is 0 Å². The van der Waals surface area contributed by atoms with Crippen molar-refractivity contribution in [3.8, 4) is 0 Å². The minimum Gasteiger partial charge on any atom is -0.0683 e. The molecule has 15 heavy (non-hydrogen) atoms. The van der Waals surface area contributed by atoms with Crippen molar-refractivity contribution in [3.05, 3.63) is 0 Å². The third-order valence-electron chi connectivity index (χ3n) is 5.53. The number of rotatable bonds is 0. The molecule has 0 aromatic heterocycles. The normalized spacial score (nSPS) is 44.2. The van der Waals surface area contributed by atoms with Crippen molar-refractivity contribution in [2.24, 2.45) is 28.6 Å². The Kier molecular flexibility index (Phi) is 4.89. The van der Waals surface area contributed by atoms with Crippen molar-refractivity contribution in [2.45, 2.75) is 68.7 Å². The van der Waals surface area contributed by atoms with E-state index >= 15 is 0 Å². The van der Waals surface area contributed by atoms with E-state index in [2.05, 4.69) is 34.6 Å². The van der Waals surface area contributed by atoms with Crippen LogP contribution in [0.3, 0.4) is 0 Å². The molecule has 0 heteroatoms. The molecule has 2 aliphatic carbocycles. The molecule has 2 fully saturated rings. The van der Waals surface area contributed by atoms with Crippen molar-refractivity contribution < 1.29 is 0 Å². The van der Waals surface area contributed by atoms with E-state index in [1.54, 1.807) is 0 Å². The molecular formula is C15H32. The summed E-state index contributed by atoms with van der Waals surface area (Å²) in [5.41, 5.74) is 1.29. The maximum atomic E-state index is 2.49. The van der Waals surface area contributed by atoms with Gasteiger partial charge in [0.15, 0.2) is 0 Å². The van der Waals surface area contributed by atoms with Gasteiger partial charge in [-0.2, -0.15) is 0 Å². The van der Waals surface area contributed by atoms with Crippen LogP contribution in [-0.4, -0.2) is 0 Å². The molecule has 0 spiro atoms. The number of fused-ring (bicyclic) bond motifs is 1. The van der Waals surface area contributed by atoms with E-state index in [1.807, 2.05) is 27.7 Å². The van der Waals surface area contributed by atoms with Crippen molar-refractivity contribution in [1.29, 1.82) is 0 Å². The van der Waals surface area contributed by atoms with E-state index in [0.29, 0.717) is 10.8 Å². The van der Waals surface area contributed by atoms with Crippen molar-refractivity contribution >= 4 is 0 Å². The van der Waals surface area contributed by atoms with E-state index in [-0.39, 0.29) is 0 Å². The Morgan fingerprint density at radius 3 is 1.47 bits per heavy atom. The Balaban J connectivity index is 0.000000442. The van der Waals surface area contributed by atoms with Crippen LogP contribution < -0.4 is 0 Å². The zero-order valence-electron chi connectivity index (χ0n) is 12.4. The average Bonchev–Trinajstić information content (AvgIpc) is 2.28. The number of hydrogen-bond donors (Lipinski definition) is 0. The van der Waals surface area contributed by atoms with Gasteiger partial charge >= 0.3 is 0 Å². The fraction of sp³-hybridized carbons (Fsp3) is 1.00. The van der Waals surface area contributed by atoms with Crippen LogP contribution in [0.25, 0.3) is 0 Å². The highest BCUT2D eigenvalue weighted by Gasteiger charge is 2.69. The zero-order chi connectivity index (χ0) is 12.4. The molecule has 0 N–H and O–H groups in total.